The third-order valence-electron chi connectivity index (χ3n) is 3.85. The Morgan fingerprint density at radius 1 is 1.13 bits per heavy atom. The van der Waals surface area contributed by atoms with Crippen LogP contribution in [0.5, 0.6) is 0 Å². The van der Waals surface area contributed by atoms with Gasteiger partial charge in [0, 0.05) is 29.7 Å². The van der Waals surface area contributed by atoms with Crippen molar-refractivity contribution in [3.8, 4) is 0 Å². The molecule has 0 unspecified atom stereocenters. The molecule has 0 aliphatic rings. The Bertz CT molecular complexity index is 1030. The SMILES string of the molecule is C=CCNS(=O)(=O)Cc1ccc(NC(=O)CCNC(=O)c2cc(F)ccc2Br)cc1. The van der Waals surface area contributed by atoms with Crippen LogP contribution in [0.3, 0.4) is 0 Å². The molecule has 3 N–H and O–H groups in total. The molecule has 0 bridgehead atoms. The first kappa shape index (κ1) is 23.7. The molecule has 7 nitrogen and oxygen atoms in total. The first-order chi connectivity index (χ1) is 14.2. The summed E-state index contributed by atoms with van der Waals surface area (Å²) in [6, 6.07) is 10.2. The number of hydrogen-bond acceptors (Lipinski definition) is 4. The molecule has 0 fully saturated rings. The second-order valence-corrected chi connectivity index (χ2v) is 8.93. The summed E-state index contributed by atoms with van der Waals surface area (Å²) >= 11 is 3.18. The number of anilines is 1. The molecule has 30 heavy (non-hydrogen) atoms. The summed E-state index contributed by atoms with van der Waals surface area (Å²) in [5.41, 5.74) is 1.21. The van der Waals surface area contributed by atoms with E-state index in [1.165, 1.54) is 18.2 Å². The summed E-state index contributed by atoms with van der Waals surface area (Å²) in [7, 11) is -3.46. The molecule has 10 heteroatoms. The molecule has 0 spiro atoms. The van der Waals surface area contributed by atoms with E-state index in [9.17, 15) is 22.4 Å². The van der Waals surface area contributed by atoms with Crippen LogP contribution in [-0.2, 0) is 20.6 Å². The molecule has 2 amide bonds. The Morgan fingerprint density at radius 3 is 2.50 bits per heavy atom. The van der Waals surface area contributed by atoms with E-state index in [2.05, 4.69) is 37.9 Å². The highest BCUT2D eigenvalue weighted by molar-refractivity contribution is 9.10. The van der Waals surface area contributed by atoms with Gasteiger partial charge in [0.1, 0.15) is 5.82 Å². The molecule has 160 valence electrons. The molecule has 2 aromatic rings. The molecule has 0 atom stereocenters. The van der Waals surface area contributed by atoms with Gasteiger partial charge in [-0.2, -0.15) is 0 Å². The Labute approximate surface area is 182 Å². The fourth-order valence-electron chi connectivity index (χ4n) is 2.42. The molecule has 0 aromatic heterocycles. The van der Waals surface area contributed by atoms with Gasteiger partial charge < -0.3 is 10.6 Å². The molecule has 0 heterocycles. The minimum atomic E-state index is -3.46. The highest BCUT2D eigenvalue weighted by Crippen LogP contribution is 2.17. The number of sulfonamides is 1. The standard InChI is InChI=1S/C20H21BrFN3O4S/c1-2-10-24-30(28,29)13-14-3-6-16(7-4-14)25-19(26)9-11-23-20(27)17-12-15(22)5-8-18(17)21/h2-8,12,24H,1,9-11,13H2,(H,23,27)(H,25,26). The van der Waals surface area contributed by atoms with Crippen LogP contribution in [0.2, 0.25) is 0 Å². The van der Waals surface area contributed by atoms with Crippen molar-refractivity contribution < 1.29 is 22.4 Å². The van der Waals surface area contributed by atoms with Gasteiger partial charge in [-0.05, 0) is 51.8 Å². The van der Waals surface area contributed by atoms with Crippen LogP contribution in [0, 0.1) is 5.82 Å². The number of hydrogen-bond donors (Lipinski definition) is 3. The van der Waals surface area contributed by atoms with Gasteiger partial charge in [0.05, 0.1) is 11.3 Å². The fraction of sp³-hybridized carbons (Fsp3) is 0.200. The van der Waals surface area contributed by atoms with E-state index in [0.717, 1.165) is 6.07 Å². The Morgan fingerprint density at radius 2 is 1.83 bits per heavy atom. The lowest BCUT2D eigenvalue weighted by molar-refractivity contribution is -0.116. The van der Waals surface area contributed by atoms with Crippen molar-refractivity contribution in [1.82, 2.24) is 10.0 Å². The predicted molar refractivity (Wildman–Crippen MR) is 117 cm³/mol. The molecule has 0 aliphatic carbocycles. The predicted octanol–water partition coefficient (Wildman–Crippen LogP) is 2.95. The van der Waals surface area contributed by atoms with Gasteiger partial charge in [-0.25, -0.2) is 17.5 Å². The molecular formula is C20H21BrFN3O4S. The number of amides is 2. The molecule has 2 rings (SSSR count). The molecule has 0 radical (unpaired) electrons. The van der Waals surface area contributed by atoms with Crippen molar-refractivity contribution in [2.24, 2.45) is 0 Å². The number of carbonyl (C=O) groups excluding carboxylic acids is 2. The van der Waals surface area contributed by atoms with Crippen molar-refractivity contribution in [3.63, 3.8) is 0 Å². The van der Waals surface area contributed by atoms with Gasteiger partial charge in [0.15, 0.2) is 0 Å². The van der Waals surface area contributed by atoms with Crippen LogP contribution in [-0.4, -0.2) is 33.3 Å². The fourth-order valence-corrected chi connectivity index (χ4v) is 3.95. The largest absolute Gasteiger partial charge is 0.351 e. The van der Waals surface area contributed by atoms with Crippen LogP contribution in [0.4, 0.5) is 10.1 Å². The molecule has 0 saturated heterocycles. The quantitative estimate of drug-likeness (QED) is 0.438. The summed E-state index contributed by atoms with van der Waals surface area (Å²) < 4.78 is 39.8. The second-order valence-electron chi connectivity index (χ2n) is 6.27. The lowest BCUT2D eigenvalue weighted by Gasteiger charge is -2.09. The van der Waals surface area contributed by atoms with E-state index in [1.807, 2.05) is 0 Å². The van der Waals surface area contributed by atoms with E-state index >= 15 is 0 Å². The van der Waals surface area contributed by atoms with Crippen molar-refractivity contribution in [2.45, 2.75) is 12.2 Å². The van der Waals surface area contributed by atoms with Crippen LogP contribution < -0.4 is 15.4 Å². The number of carbonyl (C=O) groups is 2. The maximum atomic E-state index is 13.3. The average molecular weight is 498 g/mol. The molecule has 0 saturated carbocycles. The zero-order chi connectivity index (χ0) is 22.1. The average Bonchev–Trinajstić information content (AvgIpc) is 2.69. The Balaban J connectivity index is 1.81. The third-order valence-corrected chi connectivity index (χ3v) is 5.86. The molecule has 2 aromatic carbocycles. The van der Waals surface area contributed by atoms with Crippen molar-refractivity contribution in [1.29, 1.82) is 0 Å². The van der Waals surface area contributed by atoms with E-state index in [1.54, 1.807) is 24.3 Å². The highest BCUT2D eigenvalue weighted by Gasteiger charge is 2.12. The topological polar surface area (TPSA) is 104 Å². The number of rotatable bonds is 10. The maximum Gasteiger partial charge on any atom is 0.252 e. The van der Waals surface area contributed by atoms with Crippen LogP contribution in [0.25, 0.3) is 0 Å². The van der Waals surface area contributed by atoms with Gasteiger partial charge >= 0.3 is 0 Å². The van der Waals surface area contributed by atoms with E-state index in [4.69, 9.17) is 0 Å². The summed E-state index contributed by atoms with van der Waals surface area (Å²) in [6.07, 6.45) is 1.47. The lowest BCUT2D eigenvalue weighted by atomic mass is 10.2. The highest BCUT2D eigenvalue weighted by atomic mass is 79.9. The number of nitrogens with one attached hydrogen (secondary N) is 3. The first-order valence-electron chi connectivity index (χ1n) is 8.90. The number of halogens is 2. The Kier molecular flexibility index (Phi) is 8.70. The van der Waals surface area contributed by atoms with E-state index in [-0.39, 0.29) is 36.7 Å². The Hall–Kier alpha value is -2.56. The summed E-state index contributed by atoms with van der Waals surface area (Å²) in [6.45, 7) is 3.68. The smallest absolute Gasteiger partial charge is 0.252 e. The van der Waals surface area contributed by atoms with Crippen molar-refractivity contribution in [3.05, 3.63) is 76.5 Å². The molecular weight excluding hydrogens is 477 g/mol. The summed E-state index contributed by atoms with van der Waals surface area (Å²) in [5, 5.41) is 5.22. The van der Waals surface area contributed by atoms with Gasteiger partial charge in [-0.15, -0.1) is 6.58 Å². The maximum absolute atomic E-state index is 13.3. The van der Waals surface area contributed by atoms with E-state index in [0.29, 0.717) is 15.7 Å². The van der Waals surface area contributed by atoms with Crippen molar-refractivity contribution >= 4 is 43.5 Å². The number of benzene rings is 2. The van der Waals surface area contributed by atoms with Crippen LogP contribution >= 0.6 is 15.9 Å². The van der Waals surface area contributed by atoms with E-state index < -0.39 is 21.7 Å². The normalized spacial score (nSPS) is 11.0. The lowest BCUT2D eigenvalue weighted by Crippen LogP contribution is -2.28. The third kappa shape index (κ3) is 7.69. The molecule has 0 aliphatic heterocycles. The minimum absolute atomic E-state index is 0.0142. The van der Waals surface area contributed by atoms with Crippen molar-refractivity contribution in [2.75, 3.05) is 18.4 Å². The second kappa shape index (κ2) is 11.0. The first-order valence-corrected chi connectivity index (χ1v) is 11.3. The minimum Gasteiger partial charge on any atom is -0.351 e. The van der Waals surface area contributed by atoms with Gasteiger partial charge in [-0.1, -0.05) is 18.2 Å². The van der Waals surface area contributed by atoms with Gasteiger partial charge in [0.25, 0.3) is 5.91 Å². The summed E-state index contributed by atoms with van der Waals surface area (Å²) in [5.74, 6) is -1.54. The zero-order valence-corrected chi connectivity index (χ0v) is 18.4. The van der Waals surface area contributed by atoms with Crippen LogP contribution in [0.1, 0.15) is 22.3 Å². The monoisotopic (exact) mass is 497 g/mol. The van der Waals surface area contributed by atoms with Gasteiger partial charge in [0.2, 0.25) is 15.9 Å². The summed E-state index contributed by atoms with van der Waals surface area (Å²) in [4.78, 5) is 24.1. The van der Waals surface area contributed by atoms with Gasteiger partial charge in [-0.3, -0.25) is 9.59 Å². The zero-order valence-electron chi connectivity index (χ0n) is 16.0. The van der Waals surface area contributed by atoms with Crippen LogP contribution in [0.15, 0.2) is 59.6 Å².